The van der Waals surface area contributed by atoms with E-state index in [1.54, 1.807) is 6.92 Å². The lowest BCUT2D eigenvalue weighted by molar-refractivity contribution is -0.143. The lowest BCUT2D eigenvalue weighted by Gasteiger charge is -2.21. The fraction of sp³-hybridized carbons (Fsp3) is 0.176. The molecule has 0 atom stereocenters. The summed E-state index contributed by atoms with van der Waals surface area (Å²) in [4.78, 5) is 24.8. The molecule has 28 heavy (non-hydrogen) atoms. The highest BCUT2D eigenvalue weighted by Crippen LogP contribution is 2.39. The number of halogens is 7. The van der Waals surface area contributed by atoms with E-state index in [1.165, 1.54) is 18.2 Å². The third-order valence-corrected chi connectivity index (χ3v) is 4.91. The third-order valence-electron chi connectivity index (χ3n) is 3.75. The topological polar surface area (TPSA) is 63.4 Å². The molecule has 2 aromatic rings. The Balaban J connectivity index is 2.58. The van der Waals surface area contributed by atoms with Gasteiger partial charge in [-0.3, -0.25) is 9.59 Å². The number of carbonyl (C=O) groups is 2. The molecule has 2 rings (SSSR count). The van der Waals surface area contributed by atoms with Crippen molar-refractivity contribution < 1.29 is 35.9 Å². The van der Waals surface area contributed by atoms with Crippen molar-refractivity contribution in [1.29, 1.82) is 0 Å². The zero-order chi connectivity index (χ0) is 21.4. The second-order valence-electron chi connectivity index (χ2n) is 5.67. The molecule has 0 aromatic heterocycles. The monoisotopic (exact) mass is 516 g/mol. The molecule has 2 amide bonds. The number of imide groups is 1. The van der Waals surface area contributed by atoms with Gasteiger partial charge in [-0.15, -0.1) is 0 Å². The number of nitrogens with zero attached hydrogens (tertiary/aromatic N) is 1. The normalized spacial score (nSPS) is 12.0. The lowest BCUT2D eigenvalue weighted by atomic mass is 9.98. The van der Waals surface area contributed by atoms with Crippen LogP contribution in [0, 0.1) is 10.5 Å². The van der Waals surface area contributed by atoms with Gasteiger partial charge >= 0.3 is 12.4 Å². The molecule has 0 aliphatic carbocycles. The van der Waals surface area contributed by atoms with E-state index in [2.05, 4.69) is 0 Å². The van der Waals surface area contributed by atoms with Crippen molar-refractivity contribution in [2.45, 2.75) is 19.3 Å². The minimum Gasteiger partial charge on any atom is -0.267 e. The van der Waals surface area contributed by atoms with Gasteiger partial charge in [-0.2, -0.15) is 26.3 Å². The summed E-state index contributed by atoms with van der Waals surface area (Å²) in [5.41, 5.74) is -4.80. The van der Waals surface area contributed by atoms with E-state index in [4.69, 9.17) is 5.84 Å². The number of hydrogen-bond donors (Lipinski definition) is 1. The van der Waals surface area contributed by atoms with Crippen LogP contribution in [-0.2, 0) is 12.4 Å². The molecule has 0 aliphatic heterocycles. The Kier molecular flexibility index (Phi) is 6.09. The van der Waals surface area contributed by atoms with E-state index in [9.17, 15) is 35.9 Å². The fourth-order valence-electron chi connectivity index (χ4n) is 2.33. The van der Waals surface area contributed by atoms with Crippen LogP contribution in [0.4, 0.5) is 26.3 Å². The maximum Gasteiger partial charge on any atom is 0.417 e. The summed E-state index contributed by atoms with van der Waals surface area (Å²) >= 11 is 1.87. The molecule has 11 heteroatoms. The van der Waals surface area contributed by atoms with Crippen LogP contribution < -0.4 is 5.84 Å². The van der Waals surface area contributed by atoms with E-state index >= 15 is 0 Å². The SMILES string of the molecule is Cc1ccc(C(=O)N(N)C(=O)c2c(C(F)(F)F)cccc2C(F)(F)F)cc1I. The van der Waals surface area contributed by atoms with E-state index in [1.807, 2.05) is 22.6 Å². The fourth-order valence-corrected chi connectivity index (χ4v) is 2.85. The molecule has 2 N–H and O–H groups in total. The number of alkyl halides is 6. The average molecular weight is 516 g/mol. The third kappa shape index (κ3) is 4.46. The zero-order valence-electron chi connectivity index (χ0n) is 14.0. The first-order valence-electron chi connectivity index (χ1n) is 7.42. The minimum absolute atomic E-state index is 0.163. The van der Waals surface area contributed by atoms with Crippen LogP contribution in [0.25, 0.3) is 0 Å². The van der Waals surface area contributed by atoms with Crippen LogP contribution in [0.15, 0.2) is 36.4 Å². The number of amides is 2. The van der Waals surface area contributed by atoms with Gasteiger partial charge in [0.05, 0.1) is 16.7 Å². The molecule has 0 spiro atoms. The largest absolute Gasteiger partial charge is 0.417 e. The first-order chi connectivity index (χ1) is 12.7. The van der Waals surface area contributed by atoms with Crippen LogP contribution >= 0.6 is 22.6 Å². The molecule has 150 valence electrons. The van der Waals surface area contributed by atoms with Crippen LogP contribution in [-0.4, -0.2) is 16.8 Å². The summed E-state index contributed by atoms with van der Waals surface area (Å²) in [6, 6.07) is 5.22. The quantitative estimate of drug-likeness (QED) is 0.156. The Labute approximate surface area is 168 Å². The Bertz CT molecular complexity index is 908. The van der Waals surface area contributed by atoms with Crippen LogP contribution in [0.2, 0.25) is 0 Å². The summed E-state index contributed by atoms with van der Waals surface area (Å²) in [6.45, 7) is 1.72. The van der Waals surface area contributed by atoms with Crippen molar-refractivity contribution in [1.82, 2.24) is 5.01 Å². The standard InChI is InChI=1S/C17H11F6IN2O2/c1-8-5-6-9(7-12(8)24)14(27)26(25)15(28)13-10(16(18,19)20)3-2-4-11(13)17(21,22)23/h2-7H,25H2,1H3. The first kappa shape index (κ1) is 22.1. The molecule has 2 aromatic carbocycles. The molecular weight excluding hydrogens is 505 g/mol. The van der Waals surface area contributed by atoms with Gasteiger partial charge in [0.1, 0.15) is 0 Å². The number of carbonyl (C=O) groups excluding carboxylic acids is 2. The minimum atomic E-state index is -5.27. The molecular formula is C17H11F6IN2O2. The highest BCUT2D eigenvalue weighted by atomic mass is 127. The molecule has 4 nitrogen and oxygen atoms in total. The van der Waals surface area contributed by atoms with Crippen molar-refractivity contribution in [3.05, 3.63) is 67.8 Å². The molecule has 0 unspecified atom stereocenters. The Morgan fingerprint density at radius 3 is 1.86 bits per heavy atom. The van der Waals surface area contributed by atoms with Gasteiger partial charge < -0.3 is 0 Å². The molecule has 0 bridgehead atoms. The van der Waals surface area contributed by atoms with E-state index < -0.39 is 40.9 Å². The van der Waals surface area contributed by atoms with Crippen molar-refractivity contribution in [2.75, 3.05) is 0 Å². The summed E-state index contributed by atoms with van der Waals surface area (Å²) in [6.07, 6.45) is -10.5. The molecule has 0 radical (unpaired) electrons. The van der Waals surface area contributed by atoms with Gasteiger partial charge in [0, 0.05) is 9.13 Å². The summed E-state index contributed by atoms with van der Waals surface area (Å²) < 4.78 is 79.8. The van der Waals surface area contributed by atoms with E-state index in [0.29, 0.717) is 21.8 Å². The maximum absolute atomic E-state index is 13.2. The second kappa shape index (κ2) is 7.70. The van der Waals surface area contributed by atoms with Gasteiger partial charge in [-0.05, 0) is 59.3 Å². The maximum atomic E-state index is 13.2. The highest BCUT2D eigenvalue weighted by molar-refractivity contribution is 14.1. The number of hydrazine groups is 1. The van der Waals surface area contributed by atoms with Crippen molar-refractivity contribution >= 4 is 34.4 Å². The number of benzene rings is 2. The van der Waals surface area contributed by atoms with Crippen LogP contribution in [0.1, 0.15) is 37.4 Å². The Morgan fingerprint density at radius 2 is 1.43 bits per heavy atom. The van der Waals surface area contributed by atoms with Gasteiger partial charge in [0.25, 0.3) is 11.8 Å². The highest BCUT2D eigenvalue weighted by Gasteiger charge is 2.44. The van der Waals surface area contributed by atoms with Crippen molar-refractivity contribution in [2.24, 2.45) is 5.84 Å². The van der Waals surface area contributed by atoms with Crippen molar-refractivity contribution in [3.63, 3.8) is 0 Å². The first-order valence-corrected chi connectivity index (χ1v) is 8.50. The summed E-state index contributed by atoms with van der Waals surface area (Å²) in [5, 5.41) is -0.249. The van der Waals surface area contributed by atoms with E-state index in [-0.39, 0.29) is 10.6 Å². The Hall–Kier alpha value is -2.15. The molecule has 0 heterocycles. The molecule has 0 fully saturated rings. The number of rotatable bonds is 2. The summed E-state index contributed by atoms with van der Waals surface area (Å²) in [5.74, 6) is 2.18. The molecule has 0 saturated carbocycles. The zero-order valence-corrected chi connectivity index (χ0v) is 16.1. The lowest BCUT2D eigenvalue weighted by Crippen LogP contribution is -2.44. The van der Waals surface area contributed by atoms with Crippen LogP contribution in [0.3, 0.4) is 0 Å². The molecule has 0 saturated heterocycles. The Morgan fingerprint density at radius 1 is 0.929 bits per heavy atom. The number of hydrogen-bond acceptors (Lipinski definition) is 3. The summed E-state index contributed by atoms with van der Waals surface area (Å²) in [7, 11) is 0. The van der Waals surface area contributed by atoms with Crippen LogP contribution in [0.5, 0.6) is 0 Å². The van der Waals surface area contributed by atoms with Gasteiger partial charge in [-0.1, -0.05) is 12.1 Å². The van der Waals surface area contributed by atoms with Gasteiger partial charge in [0.15, 0.2) is 0 Å². The smallest absolute Gasteiger partial charge is 0.267 e. The van der Waals surface area contributed by atoms with Crippen molar-refractivity contribution in [3.8, 4) is 0 Å². The van der Waals surface area contributed by atoms with E-state index in [0.717, 1.165) is 5.56 Å². The number of aryl methyl sites for hydroxylation is 1. The predicted octanol–water partition coefficient (Wildman–Crippen LogP) is 4.79. The second-order valence-corrected chi connectivity index (χ2v) is 6.83. The number of nitrogens with two attached hydrogens (primary N) is 1. The average Bonchev–Trinajstić information content (AvgIpc) is 2.60. The van der Waals surface area contributed by atoms with Gasteiger partial charge in [-0.25, -0.2) is 10.9 Å². The predicted molar refractivity (Wildman–Crippen MR) is 95.0 cm³/mol. The van der Waals surface area contributed by atoms with Gasteiger partial charge in [0.2, 0.25) is 0 Å². The molecule has 0 aliphatic rings.